The number of amides is 1. The highest BCUT2D eigenvalue weighted by molar-refractivity contribution is 9.10. The van der Waals surface area contributed by atoms with Gasteiger partial charge in [0.2, 0.25) is 10.0 Å². The van der Waals surface area contributed by atoms with E-state index in [1.54, 1.807) is 24.3 Å². The molecule has 0 saturated heterocycles. The number of aliphatic hydroxyl groups is 1. The molecule has 11 heteroatoms. The zero-order chi connectivity index (χ0) is 21.4. The first-order chi connectivity index (χ1) is 13.7. The number of rotatable bonds is 9. The average molecular weight is 487 g/mol. The van der Waals surface area contributed by atoms with Crippen LogP contribution in [0.4, 0.5) is 5.69 Å². The van der Waals surface area contributed by atoms with Crippen molar-refractivity contribution in [2.75, 3.05) is 25.6 Å². The fraction of sp³-hybridized carbons (Fsp3) is 0.222. The summed E-state index contributed by atoms with van der Waals surface area (Å²) in [6, 6.07) is 10.7. The number of nitrogens with one attached hydrogen (secondary N) is 2. The Balaban J connectivity index is 1.93. The van der Waals surface area contributed by atoms with Crippen LogP contribution in [0.25, 0.3) is 0 Å². The molecule has 0 aromatic heterocycles. The number of esters is 1. The van der Waals surface area contributed by atoms with Gasteiger partial charge in [0.05, 0.1) is 18.6 Å². The molecule has 3 N–H and O–H groups in total. The first-order valence-corrected chi connectivity index (χ1v) is 10.5. The number of halogens is 1. The van der Waals surface area contributed by atoms with Crippen LogP contribution in [-0.4, -0.2) is 51.8 Å². The lowest BCUT2D eigenvalue weighted by Gasteiger charge is -2.15. The molecule has 0 radical (unpaired) electrons. The molecule has 0 aliphatic heterocycles. The van der Waals surface area contributed by atoms with Crippen LogP contribution >= 0.6 is 15.9 Å². The van der Waals surface area contributed by atoms with Gasteiger partial charge in [-0.2, -0.15) is 4.72 Å². The van der Waals surface area contributed by atoms with Crippen molar-refractivity contribution in [2.45, 2.75) is 10.9 Å². The van der Waals surface area contributed by atoms with Crippen LogP contribution in [0, 0.1) is 0 Å². The number of anilines is 1. The van der Waals surface area contributed by atoms with Gasteiger partial charge in [0.15, 0.2) is 6.61 Å². The number of carbonyl (C=O) groups is 2. The largest absolute Gasteiger partial charge is 0.497 e. The van der Waals surface area contributed by atoms with Crippen LogP contribution in [0.3, 0.4) is 0 Å². The Morgan fingerprint density at radius 3 is 2.48 bits per heavy atom. The van der Waals surface area contributed by atoms with Crippen molar-refractivity contribution >= 4 is 43.5 Å². The molecule has 1 atom stereocenters. The van der Waals surface area contributed by atoms with E-state index in [0.717, 1.165) is 0 Å². The molecule has 1 amide bonds. The molecule has 9 nitrogen and oxygen atoms in total. The first kappa shape index (κ1) is 22.8. The van der Waals surface area contributed by atoms with E-state index in [1.165, 1.54) is 31.4 Å². The Morgan fingerprint density at radius 1 is 1.17 bits per heavy atom. The number of carbonyl (C=O) groups excluding carboxylic acids is 2. The van der Waals surface area contributed by atoms with Crippen LogP contribution in [-0.2, 0) is 24.3 Å². The second kappa shape index (κ2) is 10.3. The Hall–Kier alpha value is -2.47. The standard InChI is InChI=1S/C18H19BrN2O7S/c1-27-14-4-2-3-13(9-14)20-17(23)11-28-18(24)16(10-22)21-29(25,26)15-7-5-12(19)6-8-15/h2-9,16,21-22H,10-11H2,1H3,(H,20,23). The van der Waals surface area contributed by atoms with E-state index in [9.17, 15) is 23.1 Å². The summed E-state index contributed by atoms with van der Waals surface area (Å²) in [6.07, 6.45) is 0. The van der Waals surface area contributed by atoms with Gasteiger partial charge in [-0.05, 0) is 36.4 Å². The molecule has 2 aromatic carbocycles. The lowest BCUT2D eigenvalue weighted by molar-refractivity contribution is -0.149. The molecule has 0 bridgehead atoms. The third-order valence-electron chi connectivity index (χ3n) is 3.59. The summed E-state index contributed by atoms with van der Waals surface area (Å²) in [7, 11) is -2.60. The fourth-order valence-corrected chi connectivity index (χ4v) is 3.60. The number of benzene rings is 2. The highest BCUT2D eigenvalue weighted by Crippen LogP contribution is 2.17. The van der Waals surface area contributed by atoms with Gasteiger partial charge in [-0.25, -0.2) is 8.42 Å². The van der Waals surface area contributed by atoms with Crippen molar-refractivity contribution in [3.63, 3.8) is 0 Å². The highest BCUT2D eigenvalue weighted by Gasteiger charge is 2.27. The smallest absolute Gasteiger partial charge is 0.327 e. The molecule has 2 aromatic rings. The molecule has 29 heavy (non-hydrogen) atoms. The summed E-state index contributed by atoms with van der Waals surface area (Å²) >= 11 is 3.19. The zero-order valence-corrected chi connectivity index (χ0v) is 17.7. The highest BCUT2D eigenvalue weighted by atomic mass is 79.9. The van der Waals surface area contributed by atoms with Gasteiger partial charge >= 0.3 is 5.97 Å². The van der Waals surface area contributed by atoms with Crippen molar-refractivity contribution in [3.05, 3.63) is 53.0 Å². The van der Waals surface area contributed by atoms with E-state index >= 15 is 0 Å². The van der Waals surface area contributed by atoms with Crippen molar-refractivity contribution in [1.29, 1.82) is 0 Å². The lowest BCUT2D eigenvalue weighted by atomic mass is 10.3. The minimum atomic E-state index is -4.07. The van der Waals surface area contributed by atoms with Gasteiger partial charge in [0.25, 0.3) is 5.91 Å². The predicted molar refractivity (Wildman–Crippen MR) is 108 cm³/mol. The summed E-state index contributed by atoms with van der Waals surface area (Å²) in [5.41, 5.74) is 0.431. The zero-order valence-electron chi connectivity index (χ0n) is 15.3. The number of sulfonamides is 1. The molecule has 156 valence electrons. The van der Waals surface area contributed by atoms with E-state index in [0.29, 0.717) is 15.9 Å². The van der Waals surface area contributed by atoms with E-state index in [-0.39, 0.29) is 4.90 Å². The SMILES string of the molecule is COc1cccc(NC(=O)COC(=O)C(CO)NS(=O)(=O)c2ccc(Br)cc2)c1. The average Bonchev–Trinajstić information content (AvgIpc) is 2.70. The quantitative estimate of drug-likeness (QED) is 0.454. The van der Waals surface area contributed by atoms with Crippen molar-refractivity contribution in [3.8, 4) is 5.75 Å². The van der Waals surface area contributed by atoms with Crippen LogP contribution in [0.2, 0.25) is 0 Å². The maximum Gasteiger partial charge on any atom is 0.327 e. The second-order valence-electron chi connectivity index (χ2n) is 5.70. The van der Waals surface area contributed by atoms with E-state index in [2.05, 4.69) is 26.0 Å². The number of hydrogen-bond acceptors (Lipinski definition) is 7. The molecule has 0 saturated carbocycles. The monoisotopic (exact) mass is 486 g/mol. The Morgan fingerprint density at radius 2 is 1.86 bits per heavy atom. The van der Waals surface area contributed by atoms with Gasteiger partial charge in [0, 0.05) is 16.2 Å². The van der Waals surface area contributed by atoms with Gasteiger partial charge in [0.1, 0.15) is 11.8 Å². The normalized spacial score (nSPS) is 12.1. The van der Waals surface area contributed by atoms with Crippen LogP contribution in [0.1, 0.15) is 0 Å². The Kier molecular flexibility index (Phi) is 8.14. The molecule has 0 aliphatic rings. The molecule has 0 aliphatic carbocycles. The molecule has 0 spiro atoms. The summed E-state index contributed by atoms with van der Waals surface area (Å²) in [5.74, 6) is -1.20. The maximum atomic E-state index is 12.3. The van der Waals surface area contributed by atoms with Gasteiger partial charge in [-0.1, -0.05) is 22.0 Å². The van der Waals surface area contributed by atoms with Gasteiger partial charge < -0.3 is 19.9 Å². The topological polar surface area (TPSA) is 131 Å². The summed E-state index contributed by atoms with van der Waals surface area (Å²) in [6.45, 7) is -1.50. The number of hydrogen-bond donors (Lipinski definition) is 3. The predicted octanol–water partition coefficient (Wildman–Crippen LogP) is 1.28. The fourth-order valence-electron chi connectivity index (χ4n) is 2.16. The van der Waals surface area contributed by atoms with Crippen LogP contribution in [0.15, 0.2) is 57.9 Å². The van der Waals surface area contributed by atoms with E-state index < -0.39 is 41.2 Å². The van der Waals surface area contributed by atoms with E-state index in [1.807, 2.05) is 0 Å². The maximum absolute atomic E-state index is 12.3. The summed E-state index contributed by atoms with van der Waals surface area (Å²) in [4.78, 5) is 23.9. The molecular formula is C18H19BrN2O7S. The minimum absolute atomic E-state index is 0.0947. The Bertz CT molecular complexity index is 964. The molecule has 1 unspecified atom stereocenters. The van der Waals surface area contributed by atoms with Crippen molar-refractivity contribution in [1.82, 2.24) is 4.72 Å². The Labute approximate surface area is 176 Å². The van der Waals surface area contributed by atoms with E-state index in [4.69, 9.17) is 9.47 Å². The summed E-state index contributed by atoms with van der Waals surface area (Å²) in [5, 5.41) is 11.9. The minimum Gasteiger partial charge on any atom is -0.497 e. The first-order valence-electron chi connectivity index (χ1n) is 8.24. The van der Waals surface area contributed by atoms with Crippen LogP contribution < -0.4 is 14.8 Å². The van der Waals surface area contributed by atoms with Crippen LogP contribution in [0.5, 0.6) is 5.75 Å². The molecule has 0 heterocycles. The van der Waals surface area contributed by atoms with Gasteiger partial charge in [-0.3, -0.25) is 9.59 Å². The molecular weight excluding hydrogens is 468 g/mol. The number of aliphatic hydroxyl groups excluding tert-OH is 1. The molecule has 2 rings (SSSR count). The third-order valence-corrected chi connectivity index (χ3v) is 5.60. The molecule has 0 fully saturated rings. The third kappa shape index (κ3) is 6.82. The van der Waals surface area contributed by atoms with Crippen molar-refractivity contribution in [2.24, 2.45) is 0 Å². The number of methoxy groups -OCH3 is 1. The van der Waals surface area contributed by atoms with Gasteiger partial charge in [-0.15, -0.1) is 0 Å². The number of ether oxygens (including phenoxy) is 2. The second-order valence-corrected chi connectivity index (χ2v) is 8.33. The van der Waals surface area contributed by atoms with Crippen molar-refractivity contribution < 1.29 is 32.6 Å². The summed E-state index contributed by atoms with van der Waals surface area (Å²) < 4.78 is 37.2. The lowest BCUT2D eigenvalue weighted by Crippen LogP contribution is -2.44.